The lowest BCUT2D eigenvalue weighted by Gasteiger charge is -2.10. The summed E-state index contributed by atoms with van der Waals surface area (Å²) in [6, 6.07) is 20.4. The number of esters is 1. The van der Waals surface area contributed by atoms with Gasteiger partial charge in [-0.25, -0.2) is 9.59 Å². The number of ether oxygens (including phenoxy) is 1. The third kappa shape index (κ3) is 4.19. The number of rotatable bonds is 5. The summed E-state index contributed by atoms with van der Waals surface area (Å²) in [7, 11) is 0. The van der Waals surface area contributed by atoms with Crippen molar-refractivity contribution in [1.82, 2.24) is 5.32 Å². The first-order valence-corrected chi connectivity index (χ1v) is 8.46. The van der Waals surface area contributed by atoms with Crippen LogP contribution in [0.2, 0.25) is 0 Å². The SMILES string of the molecule is CCOC(=O)c1ccc(CNC(=O)Nc2cccc3ccccc23)cc1. The topological polar surface area (TPSA) is 67.4 Å². The van der Waals surface area contributed by atoms with Crippen molar-refractivity contribution in [2.45, 2.75) is 13.5 Å². The second kappa shape index (κ2) is 8.16. The number of hydrogen-bond donors (Lipinski definition) is 2. The molecule has 0 aliphatic heterocycles. The van der Waals surface area contributed by atoms with Gasteiger partial charge in [-0.15, -0.1) is 0 Å². The Balaban J connectivity index is 1.59. The first kappa shape index (κ1) is 17.5. The molecule has 0 fully saturated rings. The van der Waals surface area contributed by atoms with Crippen LogP contribution in [0.5, 0.6) is 0 Å². The van der Waals surface area contributed by atoms with Crippen LogP contribution in [0.3, 0.4) is 0 Å². The van der Waals surface area contributed by atoms with Gasteiger partial charge in [-0.3, -0.25) is 0 Å². The minimum absolute atomic E-state index is 0.282. The van der Waals surface area contributed by atoms with E-state index in [2.05, 4.69) is 10.6 Å². The van der Waals surface area contributed by atoms with Crippen molar-refractivity contribution in [3.8, 4) is 0 Å². The zero-order valence-corrected chi connectivity index (χ0v) is 14.5. The number of fused-ring (bicyclic) bond motifs is 1. The summed E-state index contributed by atoms with van der Waals surface area (Å²) >= 11 is 0. The molecular weight excluding hydrogens is 328 g/mol. The molecule has 3 aromatic rings. The van der Waals surface area contributed by atoms with Gasteiger partial charge < -0.3 is 15.4 Å². The summed E-state index contributed by atoms with van der Waals surface area (Å²) in [6.45, 7) is 2.47. The van der Waals surface area contributed by atoms with E-state index >= 15 is 0 Å². The molecule has 0 unspecified atom stereocenters. The first-order valence-electron chi connectivity index (χ1n) is 8.46. The van der Waals surface area contributed by atoms with Crippen molar-refractivity contribution in [3.05, 3.63) is 77.9 Å². The van der Waals surface area contributed by atoms with Gasteiger partial charge in [0.15, 0.2) is 0 Å². The van der Waals surface area contributed by atoms with E-state index in [1.54, 1.807) is 31.2 Å². The van der Waals surface area contributed by atoms with Gasteiger partial charge in [0.2, 0.25) is 0 Å². The molecule has 0 saturated heterocycles. The van der Waals surface area contributed by atoms with E-state index in [9.17, 15) is 9.59 Å². The van der Waals surface area contributed by atoms with Gasteiger partial charge in [0, 0.05) is 11.9 Å². The Kier molecular flexibility index (Phi) is 5.49. The number of benzene rings is 3. The summed E-state index contributed by atoms with van der Waals surface area (Å²) < 4.78 is 4.95. The van der Waals surface area contributed by atoms with Crippen molar-refractivity contribution in [2.75, 3.05) is 11.9 Å². The summed E-state index contributed by atoms with van der Waals surface area (Å²) in [5, 5.41) is 7.76. The van der Waals surface area contributed by atoms with E-state index < -0.39 is 0 Å². The van der Waals surface area contributed by atoms with Crippen LogP contribution in [0, 0.1) is 0 Å². The van der Waals surface area contributed by atoms with E-state index in [1.807, 2.05) is 42.5 Å². The molecule has 132 valence electrons. The quantitative estimate of drug-likeness (QED) is 0.674. The number of carbonyl (C=O) groups excluding carboxylic acids is 2. The molecule has 3 rings (SSSR count). The Morgan fingerprint density at radius 1 is 0.923 bits per heavy atom. The second-order valence-electron chi connectivity index (χ2n) is 5.75. The molecule has 0 radical (unpaired) electrons. The molecular formula is C21H20N2O3. The molecule has 0 atom stereocenters. The lowest BCUT2D eigenvalue weighted by molar-refractivity contribution is 0.0526. The molecule has 0 aliphatic rings. The van der Waals surface area contributed by atoms with Crippen molar-refractivity contribution in [2.24, 2.45) is 0 Å². The van der Waals surface area contributed by atoms with E-state index in [0.29, 0.717) is 18.7 Å². The Labute approximate surface area is 152 Å². The monoisotopic (exact) mass is 348 g/mol. The summed E-state index contributed by atoms with van der Waals surface area (Å²) in [6.07, 6.45) is 0. The predicted octanol–water partition coefficient (Wildman–Crippen LogP) is 4.34. The standard InChI is InChI=1S/C21H20N2O3/c1-2-26-20(24)17-12-10-15(11-13-17)14-22-21(25)23-19-9-5-7-16-6-3-4-8-18(16)19/h3-13H,2,14H2,1H3,(H2,22,23,25). The van der Waals surface area contributed by atoms with Gasteiger partial charge >= 0.3 is 12.0 Å². The number of urea groups is 1. The zero-order chi connectivity index (χ0) is 18.4. The number of nitrogens with one attached hydrogen (secondary N) is 2. The molecule has 0 spiro atoms. The van der Waals surface area contributed by atoms with Crippen LogP contribution in [0.15, 0.2) is 66.7 Å². The lowest BCUT2D eigenvalue weighted by Crippen LogP contribution is -2.28. The van der Waals surface area contributed by atoms with Gasteiger partial charge in [0.1, 0.15) is 0 Å². The molecule has 0 aliphatic carbocycles. The molecule has 0 heterocycles. The molecule has 5 nitrogen and oxygen atoms in total. The third-order valence-electron chi connectivity index (χ3n) is 3.96. The molecule has 0 aromatic heterocycles. The maximum atomic E-state index is 12.2. The van der Waals surface area contributed by atoms with Crippen LogP contribution in [-0.4, -0.2) is 18.6 Å². The van der Waals surface area contributed by atoms with E-state index in [-0.39, 0.29) is 12.0 Å². The molecule has 5 heteroatoms. The van der Waals surface area contributed by atoms with Crippen LogP contribution in [0.25, 0.3) is 10.8 Å². The normalized spacial score (nSPS) is 10.3. The number of amides is 2. The van der Waals surface area contributed by atoms with Crippen LogP contribution in [-0.2, 0) is 11.3 Å². The molecule has 3 aromatic carbocycles. The molecule has 0 bridgehead atoms. The van der Waals surface area contributed by atoms with Crippen LogP contribution in [0.4, 0.5) is 10.5 Å². The fourth-order valence-electron chi connectivity index (χ4n) is 2.66. The number of hydrogen-bond acceptors (Lipinski definition) is 3. The third-order valence-corrected chi connectivity index (χ3v) is 3.96. The largest absolute Gasteiger partial charge is 0.462 e. The van der Waals surface area contributed by atoms with Gasteiger partial charge in [0.05, 0.1) is 17.9 Å². The number of carbonyl (C=O) groups is 2. The zero-order valence-electron chi connectivity index (χ0n) is 14.5. The maximum absolute atomic E-state index is 12.2. The highest BCUT2D eigenvalue weighted by Gasteiger charge is 2.07. The Morgan fingerprint density at radius 2 is 1.65 bits per heavy atom. The van der Waals surface area contributed by atoms with Crippen LogP contribution in [0.1, 0.15) is 22.8 Å². The molecule has 0 saturated carbocycles. The first-order chi connectivity index (χ1) is 12.7. The molecule has 26 heavy (non-hydrogen) atoms. The van der Waals surface area contributed by atoms with Crippen LogP contribution < -0.4 is 10.6 Å². The van der Waals surface area contributed by atoms with E-state index in [1.165, 1.54) is 0 Å². The second-order valence-corrected chi connectivity index (χ2v) is 5.75. The average molecular weight is 348 g/mol. The fourth-order valence-corrected chi connectivity index (χ4v) is 2.66. The highest BCUT2D eigenvalue weighted by molar-refractivity contribution is 6.01. The summed E-state index contributed by atoms with van der Waals surface area (Å²) in [5.74, 6) is -0.347. The minimum Gasteiger partial charge on any atom is -0.462 e. The maximum Gasteiger partial charge on any atom is 0.338 e. The molecule has 2 N–H and O–H groups in total. The lowest BCUT2D eigenvalue weighted by atomic mass is 10.1. The summed E-state index contributed by atoms with van der Waals surface area (Å²) in [5.41, 5.74) is 2.15. The number of anilines is 1. The highest BCUT2D eigenvalue weighted by Crippen LogP contribution is 2.22. The average Bonchev–Trinajstić information content (AvgIpc) is 2.67. The van der Waals surface area contributed by atoms with Crippen LogP contribution >= 0.6 is 0 Å². The van der Waals surface area contributed by atoms with Crippen molar-refractivity contribution in [3.63, 3.8) is 0 Å². The Bertz CT molecular complexity index is 915. The highest BCUT2D eigenvalue weighted by atomic mass is 16.5. The summed E-state index contributed by atoms with van der Waals surface area (Å²) in [4.78, 5) is 23.8. The predicted molar refractivity (Wildman–Crippen MR) is 102 cm³/mol. The van der Waals surface area contributed by atoms with Gasteiger partial charge in [0.25, 0.3) is 0 Å². The Hall–Kier alpha value is -3.34. The fraction of sp³-hybridized carbons (Fsp3) is 0.143. The van der Waals surface area contributed by atoms with Gasteiger partial charge in [-0.1, -0.05) is 48.5 Å². The van der Waals surface area contributed by atoms with Gasteiger partial charge in [-0.05, 0) is 36.1 Å². The molecule has 2 amide bonds. The van der Waals surface area contributed by atoms with Crippen molar-refractivity contribution >= 4 is 28.5 Å². The minimum atomic E-state index is -0.347. The van der Waals surface area contributed by atoms with Crippen molar-refractivity contribution in [1.29, 1.82) is 0 Å². The van der Waals surface area contributed by atoms with E-state index in [4.69, 9.17) is 4.74 Å². The Morgan fingerprint density at radius 3 is 2.42 bits per heavy atom. The van der Waals surface area contributed by atoms with Crippen molar-refractivity contribution < 1.29 is 14.3 Å². The van der Waals surface area contributed by atoms with Gasteiger partial charge in [-0.2, -0.15) is 0 Å². The smallest absolute Gasteiger partial charge is 0.338 e. The van der Waals surface area contributed by atoms with E-state index in [0.717, 1.165) is 22.0 Å².